The molecule has 0 aliphatic rings. The predicted octanol–water partition coefficient (Wildman–Crippen LogP) is -5.44. The molecule has 25 heteroatoms. The number of rotatable bonds is 31. The molecule has 0 aromatic carbocycles. The molecular weight excluding hydrogens is 780 g/mol. The Labute approximate surface area is 331 Å². The monoisotopic (exact) mass is 834 g/mol. The van der Waals surface area contributed by atoms with Crippen LogP contribution in [0, 0.1) is 0 Å². The van der Waals surface area contributed by atoms with Crippen LogP contribution < -0.4 is 54.4 Å². The quantitative estimate of drug-likeness (QED) is 0.0290. The van der Waals surface area contributed by atoms with Gasteiger partial charge in [-0.1, -0.05) is 0 Å². The molecule has 0 unspecified atom stereocenters. The molecule has 5 atom stereocenters. The predicted molar refractivity (Wildman–Crippen MR) is 200 cm³/mol. The summed E-state index contributed by atoms with van der Waals surface area (Å²) < 4.78 is 0. The lowest BCUT2D eigenvalue weighted by molar-refractivity contribution is -0.142. The highest BCUT2D eigenvalue weighted by molar-refractivity contribution is 7.98. The minimum Gasteiger partial charge on any atom is -0.481 e. The third kappa shape index (κ3) is 24.5. The number of carbonyl (C=O) groups is 11. The summed E-state index contributed by atoms with van der Waals surface area (Å²) in [5.41, 5.74) is 16.4. The van der Waals surface area contributed by atoms with Crippen molar-refractivity contribution < 1.29 is 68.1 Å². The number of carboxylic acid groups (broad SMARTS) is 3. The number of thioether (sulfide) groups is 1. The summed E-state index contributed by atoms with van der Waals surface area (Å²) in [6.45, 7) is -1.88. The van der Waals surface area contributed by atoms with E-state index in [0.29, 0.717) is 25.0 Å². The summed E-state index contributed by atoms with van der Waals surface area (Å²) in [7, 11) is 0. The molecule has 0 aliphatic heterocycles. The molecular formula is C32H54N10O14S. The molecule has 0 spiro atoms. The first-order valence-electron chi connectivity index (χ1n) is 17.7. The summed E-state index contributed by atoms with van der Waals surface area (Å²) in [5.74, 6) is -10.7. The number of unbranched alkanes of at least 4 members (excludes halogenated alkanes) is 1. The Kier molecular flexibility index (Phi) is 26.0. The van der Waals surface area contributed by atoms with Crippen LogP contribution in [-0.4, -0.2) is 149 Å². The number of nitrogens with one attached hydrogen (secondary N) is 7. The first kappa shape index (κ1) is 51.4. The van der Waals surface area contributed by atoms with Gasteiger partial charge in [0.1, 0.15) is 24.2 Å². The van der Waals surface area contributed by atoms with E-state index in [4.69, 9.17) is 27.4 Å². The van der Waals surface area contributed by atoms with Gasteiger partial charge in [-0.25, -0.2) is 4.79 Å². The van der Waals surface area contributed by atoms with Gasteiger partial charge in [-0.2, -0.15) is 11.8 Å². The summed E-state index contributed by atoms with van der Waals surface area (Å²) >= 11 is 1.44. The van der Waals surface area contributed by atoms with Crippen molar-refractivity contribution in [1.29, 1.82) is 0 Å². The molecule has 0 radical (unpaired) electrons. The number of carboxylic acids is 3. The van der Waals surface area contributed by atoms with Crippen LogP contribution in [0.15, 0.2) is 0 Å². The normalized spacial score (nSPS) is 13.2. The molecule has 0 bridgehead atoms. The maximum Gasteiger partial charge on any atom is 0.326 e. The van der Waals surface area contributed by atoms with Crippen molar-refractivity contribution >= 4 is 76.9 Å². The van der Waals surface area contributed by atoms with Crippen LogP contribution in [0.5, 0.6) is 0 Å². The maximum atomic E-state index is 13.2. The van der Waals surface area contributed by atoms with E-state index < -0.39 is 141 Å². The van der Waals surface area contributed by atoms with Gasteiger partial charge in [-0.3, -0.25) is 47.9 Å². The van der Waals surface area contributed by atoms with Crippen LogP contribution in [0.1, 0.15) is 64.2 Å². The van der Waals surface area contributed by atoms with Crippen LogP contribution >= 0.6 is 11.8 Å². The van der Waals surface area contributed by atoms with Gasteiger partial charge in [0.15, 0.2) is 0 Å². The van der Waals surface area contributed by atoms with Gasteiger partial charge >= 0.3 is 17.9 Å². The molecule has 0 heterocycles. The first-order valence-corrected chi connectivity index (χ1v) is 19.1. The van der Waals surface area contributed by atoms with Crippen molar-refractivity contribution in [1.82, 2.24) is 37.2 Å². The van der Waals surface area contributed by atoms with E-state index in [1.54, 1.807) is 6.26 Å². The first-order chi connectivity index (χ1) is 26.8. The molecule has 0 saturated heterocycles. The Morgan fingerprint density at radius 1 is 0.544 bits per heavy atom. The molecule has 0 fully saturated rings. The highest BCUT2D eigenvalue weighted by atomic mass is 32.2. The molecule has 24 nitrogen and oxygen atoms in total. The second kappa shape index (κ2) is 28.8. The van der Waals surface area contributed by atoms with E-state index in [2.05, 4.69) is 37.2 Å². The zero-order chi connectivity index (χ0) is 43.5. The average molecular weight is 835 g/mol. The van der Waals surface area contributed by atoms with Crippen molar-refractivity contribution in [3.8, 4) is 0 Å². The number of aliphatic carboxylic acids is 3. The topological polar surface area (TPSA) is 411 Å². The van der Waals surface area contributed by atoms with Crippen LogP contribution in [0.3, 0.4) is 0 Å². The number of nitrogens with two attached hydrogens (primary N) is 3. The minimum atomic E-state index is -1.59. The molecule has 57 heavy (non-hydrogen) atoms. The number of carbonyl (C=O) groups excluding carboxylic acids is 8. The molecule has 0 aliphatic carbocycles. The lowest BCUT2D eigenvalue weighted by Gasteiger charge is -2.24. The maximum absolute atomic E-state index is 13.2. The molecule has 0 aromatic rings. The van der Waals surface area contributed by atoms with Gasteiger partial charge in [0.05, 0.1) is 25.7 Å². The minimum absolute atomic E-state index is 0.00423. The van der Waals surface area contributed by atoms with Crippen LogP contribution in [0.2, 0.25) is 0 Å². The van der Waals surface area contributed by atoms with Crippen LogP contribution in [-0.2, 0) is 52.7 Å². The van der Waals surface area contributed by atoms with Crippen molar-refractivity contribution in [2.75, 3.05) is 38.2 Å². The summed E-state index contributed by atoms with van der Waals surface area (Å²) in [5, 5.41) is 43.3. The smallest absolute Gasteiger partial charge is 0.326 e. The fraction of sp³-hybridized carbons (Fsp3) is 0.656. The number of primary amides is 1. The van der Waals surface area contributed by atoms with Crippen molar-refractivity contribution in [2.45, 2.75) is 94.4 Å². The van der Waals surface area contributed by atoms with E-state index in [-0.39, 0.29) is 25.8 Å². The molecule has 0 rings (SSSR count). The Morgan fingerprint density at radius 3 is 1.49 bits per heavy atom. The van der Waals surface area contributed by atoms with Crippen molar-refractivity contribution in [3.63, 3.8) is 0 Å². The standard InChI is InChI=1S/C32H54N10O14S/c1-57-13-11-17(34)28(51)40-18(6-9-26(47)48)29(52)38-15-24(45)36-14-23(44)37-16-25(46)39-19(7-10-27(49)50)30(53)41-20(5-8-22(35)43)31(54)42-21(32(55)56)4-2-3-12-33/h17-21H,2-16,33-34H2,1H3,(H2,35,43)(H,36,45)(H,37,44)(H,38,52)(H,39,46)(H,40,51)(H,41,53)(H,42,54)(H,47,48)(H,49,50)(H,55,56)/t17-,18-,19-,20-,21-/m0/s1. The molecule has 16 N–H and O–H groups in total. The third-order valence-electron chi connectivity index (χ3n) is 7.74. The zero-order valence-electron chi connectivity index (χ0n) is 31.5. The summed E-state index contributed by atoms with van der Waals surface area (Å²) in [4.78, 5) is 134. The Morgan fingerprint density at radius 2 is 1.00 bits per heavy atom. The van der Waals surface area contributed by atoms with Crippen LogP contribution in [0.4, 0.5) is 0 Å². The van der Waals surface area contributed by atoms with E-state index in [9.17, 15) is 57.8 Å². The second-order valence-electron chi connectivity index (χ2n) is 12.5. The van der Waals surface area contributed by atoms with E-state index in [1.165, 1.54) is 11.8 Å². The third-order valence-corrected chi connectivity index (χ3v) is 8.38. The van der Waals surface area contributed by atoms with Gasteiger partial charge in [0, 0.05) is 19.3 Å². The Bertz CT molecular complexity index is 1440. The molecule has 8 amide bonds. The largest absolute Gasteiger partial charge is 0.481 e. The molecule has 0 saturated carbocycles. The SMILES string of the molecule is CSCC[C@H](N)C(=O)N[C@@H](CCC(=O)O)C(=O)NCC(=O)NCC(=O)NCC(=O)N[C@@H](CCC(=O)O)C(=O)N[C@@H](CCC(N)=O)C(=O)N[C@@H](CCCCN)C(=O)O. The Hall–Kier alpha value is -5.56. The number of hydrogen-bond donors (Lipinski definition) is 13. The van der Waals surface area contributed by atoms with Crippen molar-refractivity contribution in [3.05, 3.63) is 0 Å². The lowest BCUT2D eigenvalue weighted by Crippen LogP contribution is -2.56. The number of hydrogen-bond acceptors (Lipinski definition) is 14. The van der Waals surface area contributed by atoms with E-state index >= 15 is 0 Å². The summed E-state index contributed by atoms with van der Waals surface area (Å²) in [6.07, 6.45) is 0.231. The van der Waals surface area contributed by atoms with Gasteiger partial charge < -0.3 is 69.7 Å². The van der Waals surface area contributed by atoms with Gasteiger partial charge in [0.2, 0.25) is 47.3 Å². The fourth-order valence-electron chi connectivity index (χ4n) is 4.60. The zero-order valence-corrected chi connectivity index (χ0v) is 32.3. The van der Waals surface area contributed by atoms with Gasteiger partial charge in [-0.05, 0) is 63.5 Å². The summed E-state index contributed by atoms with van der Waals surface area (Å²) in [6, 6.07) is -6.78. The molecule has 0 aromatic heterocycles. The fourth-order valence-corrected chi connectivity index (χ4v) is 5.09. The lowest BCUT2D eigenvalue weighted by atomic mass is 10.1. The van der Waals surface area contributed by atoms with Crippen molar-refractivity contribution in [2.24, 2.45) is 17.2 Å². The van der Waals surface area contributed by atoms with E-state index in [1.807, 2.05) is 0 Å². The Balaban J connectivity index is 5.32. The second-order valence-corrected chi connectivity index (χ2v) is 13.4. The van der Waals surface area contributed by atoms with Crippen LogP contribution in [0.25, 0.3) is 0 Å². The van der Waals surface area contributed by atoms with E-state index in [0.717, 1.165) is 0 Å². The van der Waals surface area contributed by atoms with Gasteiger partial charge in [-0.15, -0.1) is 0 Å². The van der Waals surface area contributed by atoms with Gasteiger partial charge in [0.25, 0.3) is 0 Å². The molecule has 322 valence electrons. The highest BCUT2D eigenvalue weighted by Crippen LogP contribution is 2.07. The number of amides is 8. The highest BCUT2D eigenvalue weighted by Gasteiger charge is 2.30. The average Bonchev–Trinajstić information content (AvgIpc) is 3.14.